The number of aromatic hydroxyl groups is 1. The first-order chi connectivity index (χ1) is 18.4. The summed E-state index contributed by atoms with van der Waals surface area (Å²) in [5, 5.41) is 27.9. The quantitative estimate of drug-likeness (QED) is 0.185. The number of H-pyrrole nitrogens is 1. The van der Waals surface area contributed by atoms with Crippen LogP contribution >= 0.6 is 0 Å². The summed E-state index contributed by atoms with van der Waals surface area (Å²) < 4.78 is 0. The maximum absolute atomic E-state index is 12.4. The Balaban J connectivity index is 1.25. The third-order valence-electron chi connectivity index (χ3n) is 6.63. The van der Waals surface area contributed by atoms with E-state index in [1.807, 2.05) is 43.3 Å². The number of fused-ring (bicyclic) bond motifs is 1. The van der Waals surface area contributed by atoms with Crippen molar-refractivity contribution in [3.8, 4) is 5.75 Å². The van der Waals surface area contributed by atoms with Crippen molar-refractivity contribution in [2.75, 3.05) is 13.1 Å². The molecule has 1 amide bonds. The van der Waals surface area contributed by atoms with Crippen molar-refractivity contribution in [3.63, 3.8) is 0 Å². The van der Waals surface area contributed by atoms with E-state index in [0.717, 1.165) is 30.4 Å². The summed E-state index contributed by atoms with van der Waals surface area (Å²) in [6.07, 6.45) is 2.11. The number of pyridine rings is 1. The van der Waals surface area contributed by atoms with Crippen molar-refractivity contribution < 1.29 is 15.0 Å². The number of aliphatic hydroxyl groups is 1. The van der Waals surface area contributed by atoms with Crippen LogP contribution in [0.15, 0.2) is 83.7 Å². The molecule has 7 heteroatoms. The molecule has 0 aliphatic carbocycles. The van der Waals surface area contributed by atoms with Crippen LogP contribution in [0.25, 0.3) is 10.9 Å². The fourth-order valence-electron chi connectivity index (χ4n) is 4.68. The lowest BCUT2D eigenvalue weighted by Gasteiger charge is -2.19. The van der Waals surface area contributed by atoms with Crippen molar-refractivity contribution in [2.24, 2.45) is 0 Å². The van der Waals surface area contributed by atoms with Crippen LogP contribution in [-0.2, 0) is 24.1 Å². The van der Waals surface area contributed by atoms with Crippen molar-refractivity contribution in [3.05, 3.63) is 111 Å². The second-order valence-corrected chi connectivity index (χ2v) is 9.75. The lowest BCUT2D eigenvalue weighted by atomic mass is 10.0. The van der Waals surface area contributed by atoms with Gasteiger partial charge in [0.15, 0.2) is 0 Å². The maximum Gasteiger partial charge on any atom is 0.248 e. The van der Waals surface area contributed by atoms with E-state index in [4.69, 9.17) is 0 Å². The Morgan fingerprint density at radius 1 is 0.947 bits per heavy atom. The number of carbonyl (C=O) groups is 1. The average molecular weight is 514 g/mol. The van der Waals surface area contributed by atoms with Crippen molar-refractivity contribution >= 4 is 16.8 Å². The third-order valence-corrected chi connectivity index (χ3v) is 6.63. The summed E-state index contributed by atoms with van der Waals surface area (Å²) in [4.78, 5) is 26.7. The van der Waals surface area contributed by atoms with Gasteiger partial charge in [-0.05, 0) is 60.6 Å². The molecule has 7 nitrogen and oxygen atoms in total. The van der Waals surface area contributed by atoms with Gasteiger partial charge in [0.2, 0.25) is 11.5 Å². The van der Waals surface area contributed by atoms with Gasteiger partial charge in [-0.15, -0.1) is 0 Å². The Morgan fingerprint density at radius 2 is 1.71 bits per heavy atom. The average Bonchev–Trinajstić information content (AvgIpc) is 2.91. The predicted molar refractivity (Wildman–Crippen MR) is 150 cm³/mol. The molecule has 5 N–H and O–H groups in total. The van der Waals surface area contributed by atoms with Crippen LogP contribution in [0.4, 0.5) is 0 Å². The number of aryl methyl sites for hydroxylation is 1. The monoisotopic (exact) mass is 513 g/mol. The van der Waals surface area contributed by atoms with Crippen LogP contribution < -0.4 is 16.2 Å². The molecule has 0 fully saturated rings. The minimum Gasteiger partial charge on any atom is -0.506 e. The zero-order valence-corrected chi connectivity index (χ0v) is 21.6. The van der Waals surface area contributed by atoms with E-state index in [-0.39, 0.29) is 23.3 Å². The number of carbonyl (C=O) groups excluding carboxylic acids is 1. The van der Waals surface area contributed by atoms with Gasteiger partial charge in [-0.25, -0.2) is 0 Å². The number of aliphatic hydroxyl groups excluding tert-OH is 1. The van der Waals surface area contributed by atoms with Crippen LogP contribution in [0, 0.1) is 0 Å². The Morgan fingerprint density at radius 3 is 2.53 bits per heavy atom. The first-order valence-electron chi connectivity index (χ1n) is 13.0. The van der Waals surface area contributed by atoms with E-state index < -0.39 is 6.10 Å². The molecule has 198 valence electrons. The van der Waals surface area contributed by atoms with Crippen LogP contribution in [0.5, 0.6) is 5.75 Å². The molecule has 3 aromatic carbocycles. The van der Waals surface area contributed by atoms with Gasteiger partial charge in [0, 0.05) is 30.6 Å². The number of phenolic OH excluding ortho intramolecular Hbond substituents is 1. The summed E-state index contributed by atoms with van der Waals surface area (Å²) in [6.45, 7) is 3.01. The van der Waals surface area contributed by atoms with Gasteiger partial charge in [-0.3, -0.25) is 9.59 Å². The van der Waals surface area contributed by atoms with Crippen molar-refractivity contribution in [1.82, 2.24) is 15.6 Å². The van der Waals surface area contributed by atoms with Gasteiger partial charge >= 0.3 is 0 Å². The molecular formula is C31H35N3O4. The first kappa shape index (κ1) is 27.1. The van der Waals surface area contributed by atoms with Crippen LogP contribution in [-0.4, -0.2) is 40.2 Å². The van der Waals surface area contributed by atoms with Crippen molar-refractivity contribution in [2.45, 2.75) is 44.8 Å². The Labute approximate surface area is 222 Å². The standard InChI is InChI=1S/C31H35N3O4/c1-21(33-20-28(36)25-12-14-27(35)31-26(25)13-15-29(37)34-31)17-23-9-5-10-24(18-23)19-30(38)32-16-6-11-22-7-3-2-4-8-22/h2-5,7-10,12-15,18,21,28,33,35-36H,6,11,16-17,19-20H2,1H3,(H,32,38)(H,34,37)/t21-,28-/m1/s1. The first-order valence-corrected chi connectivity index (χ1v) is 13.0. The lowest BCUT2D eigenvalue weighted by molar-refractivity contribution is -0.120. The Bertz CT molecular complexity index is 1420. The van der Waals surface area contributed by atoms with Crippen LogP contribution in [0.1, 0.15) is 41.7 Å². The number of nitrogens with one attached hydrogen (secondary N) is 3. The molecule has 0 aliphatic rings. The van der Waals surface area contributed by atoms with Gasteiger partial charge in [-0.2, -0.15) is 0 Å². The van der Waals surface area contributed by atoms with Gasteiger partial charge in [-0.1, -0.05) is 60.7 Å². The minimum absolute atomic E-state index is 0.0203. The molecule has 0 aliphatic heterocycles. The normalized spacial score (nSPS) is 12.8. The number of rotatable bonds is 12. The van der Waals surface area contributed by atoms with Crippen molar-refractivity contribution in [1.29, 1.82) is 0 Å². The fourth-order valence-corrected chi connectivity index (χ4v) is 4.68. The largest absolute Gasteiger partial charge is 0.506 e. The van der Waals surface area contributed by atoms with Gasteiger partial charge in [0.1, 0.15) is 5.75 Å². The second-order valence-electron chi connectivity index (χ2n) is 9.75. The molecule has 0 spiro atoms. The lowest BCUT2D eigenvalue weighted by Crippen LogP contribution is -2.32. The van der Waals surface area contributed by atoms with Gasteiger partial charge in [0.05, 0.1) is 18.0 Å². The second kappa shape index (κ2) is 13.0. The SMILES string of the molecule is C[C@H](Cc1cccc(CC(=O)NCCCc2ccccc2)c1)NC[C@@H](O)c1ccc(O)c2[nH]c(=O)ccc12. The van der Waals surface area contributed by atoms with E-state index >= 15 is 0 Å². The maximum atomic E-state index is 12.4. The molecule has 4 aromatic rings. The Kier molecular flexibility index (Phi) is 9.30. The topological polar surface area (TPSA) is 114 Å². The van der Waals surface area contributed by atoms with E-state index in [9.17, 15) is 19.8 Å². The predicted octanol–water partition coefficient (Wildman–Crippen LogP) is 3.78. The Hall–Kier alpha value is -3.94. The van der Waals surface area contributed by atoms with E-state index in [2.05, 4.69) is 33.8 Å². The summed E-state index contributed by atoms with van der Waals surface area (Å²) in [7, 11) is 0. The molecule has 0 unspecified atom stereocenters. The zero-order valence-electron chi connectivity index (χ0n) is 21.6. The molecule has 0 bridgehead atoms. The molecule has 1 aromatic heterocycles. The van der Waals surface area contributed by atoms with E-state index in [1.54, 1.807) is 12.1 Å². The van der Waals surface area contributed by atoms with Gasteiger partial charge in [0.25, 0.3) is 0 Å². The molecule has 4 rings (SSSR count). The highest BCUT2D eigenvalue weighted by Crippen LogP contribution is 2.28. The highest BCUT2D eigenvalue weighted by Gasteiger charge is 2.15. The summed E-state index contributed by atoms with van der Waals surface area (Å²) in [5.41, 5.74) is 4.00. The number of hydrogen-bond donors (Lipinski definition) is 5. The minimum atomic E-state index is -0.816. The molecule has 0 saturated heterocycles. The van der Waals surface area contributed by atoms with Gasteiger partial charge < -0.3 is 25.8 Å². The zero-order chi connectivity index (χ0) is 26.9. The van der Waals surface area contributed by atoms with Crippen LogP contribution in [0.3, 0.4) is 0 Å². The number of amides is 1. The highest BCUT2D eigenvalue weighted by molar-refractivity contribution is 5.87. The van der Waals surface area contributed by atoms with E-state index in [0.29, 0.717) is 36.0 Å². The van der Waals surface area contributed by atoms with E-state index in [1.165, 1.54) is 17.7 Å². The molecule has 38 heavy (non-hydrogen) atoms. The molecule has 0 saturated carbocycles. The summed E-state index contributed by atoms with van der Waals surface area (Å²) in [5.74, 6) is -0.0114. The molecule has 1 heterocycles. The molecular weight excluding hydrogens is 478 g/mol. The molecule has 0 radical (unpaired) electrons. The number of aromatic amines is 1. The third kappa shape index (κ3) is 7.54. The smallest absolute Gasteiger partial charge is 0.248 e. The van der Waals surface area contributed by atoms with Crippen LogP contribution in [0.2, 0.25) is 0 Å². The number of hydrogen-bond acceptors (Lipinski definition) is 5. The number of phenols is 1. The summed E-state index contributed by atoms with van der Waals surface area (Å²) >= 11 is 0. The summed E-state index contributed by atoms with van der Waals surface area (Å²) in [6, 6.07) is 24.5. The number of aromatic nitrogens is 1. The fraction of sp³-hybridized carbons (Fsp3) is 0.290. The number of benzene rings is 3. The highest BCUT2D eigenvalue weighted by atomic mass is 16.3. The molecule has 2 atom stereocenters.